The van der Waals surface area contributed by atoms with Gasteiger partial charge < -0.3 is 29.6 Å². The quantitative estimate of drug-likeness (QED) is 0.0497. The van der Waals surface area contributed by atoms with Crippen molar-refractivity contribution in [3.05, 3.63) is 96.1 Å². The number of nitrogens with two attached hydrogens (primary N) is 2. The molecule has 16 heteroatoms. The minimum atomic E-state index is -4.43. The molecule has 0 aliphatic heterocycles. The summed E-state index contributed by atoms with van der Waals surface area (Å²) in [6, 6.07) is 21.6. The molecule has 4 aromatic rings. The summed E-state index contributed by atoms with van der Waals surface area (Å²) in [6.07, 6.45) is 1.57. The highest BCUT2D eigenvalue weighted by Crippen LogP contribution is 2.39. The van der Waals surface area contributed by atoms with Gasteiger partial charge in [-0.3, -0.25) is 0 Å². The van der Waals surface area contributed by atoms with Gasteiger partial charge in [0.2, 0.25) is 26.3 Å². The molecular formula is C36H42N4O10S2. The minimum absolute atomic E-state index is 0.116. The maximum Gasteiger partial charge on any atom is 0.341 e. The van der Waals surface area contributed by atoms with E-state index < -0.39 is 48.1 Å². The van der Waals surface area contributed by atoms with Gasteiger partial charge in [0.05, 0.1) is 22.5 Å². The van der Waals surface area contributed by atoms with Crippen molar-refractivity contribution in [2.45, 2.75) is 62.5 Å². The van der Waals surface area contributed by atoms with Crippen LogP contribution in [0.25, 0.3) is 0 Å². The van der Waals surface area contributed by atoms with Gasteiger partial charge in [-0.15, -0.1) is 0 Å². The van der Waals surface area contributed by atoms with Gasteiger partial charge in [0, 0.05) is 20.0 Å². The van der Waals surface area contributed by atoms with E-state index in [-0.39, 0.29) is 34.0 Å². The number of esters is 2. The molecule has 0 atom stereocenters. The maximum atomic E-state index is 13.4. The molecule has 0 fully saturated rings. The Kier molecular flexibility index (Phi) is 13.6. The predicted molar refractivity (Wildman–Crippen MR) is 196 cm³/mol. The average molecular weight is 755 g/mol. The van der Waals surface area contributed by atoms with Crippen LogP contribution < -0.4 is 30.4 Å². The monoisotopic (exact) mass is 754 g/mol. The Morgan fingerprint density at radius 2 is 1.00 bits per heavy atom. The van der Waals surface area contributed by atoms with E-state index in [2.05, 4.69) is 10.6 Å². The Hall–Kier alpha value is -5.16. The highest BCUT2D eigenvalue weighted by Gasteiger charge is 2.28. The van der Waals surface area contributed by atoms with Gasteiger partial charge in [-0.05, 0) is 61.4 Å². The third-order valence-electron chi connectivity index (χ3n) is 7.36. The van der Waals surface area contributed by atoms with Crippen molar-refractivity contribution < 1.29 is 45.4 Å². The number of ether oxygens (including phenoxy) is 4. The molecule has 14 nitrogen and oxygen atoms in total. The second-order valence-electron chi connectivity index (χ2n) is 11.6. The van der Waals surface area contributed by atoms with Crippen LogP contribution in [0.4, 0.5) is 11.4 Å². The van der Waals surface area contributed by atoms with Crippen molar-refractivity contribution in [1.82, 2.24) is 0 Å². The van der Waals surface area contributed by atoms with Crippen molar-refractivity contribution in [2.24, 2.45) is 10.3 Å². The van der Waals surface area contributed by atoms with E-state index in [9.17, 15) is 26.4 Å². The number of primary sulfonamides is 2. The first-order chi connectivity index (χ1) is 24.7. The summed E-state index contributed by atoms with van der Waals surface area (Å²) in [6.45, 7) is 6.05. The van der Waals surface area contributed by atoms with Crippen molar-refractivity contribution >= 4 is 43.4 Å². The van der Waals surface area contributed by atoms with Crippen LogP contribution in [0.2, 0.25) is 0 Å². The summed E-state index contributed by atoms with van der Waals surface area (Å²) in [5.74, 6) is -1.67. The van der Waals surface area contributed by atoms with Gasteiger partial charge in [0.1, 0.15) is 21.3 Å². The minimum Gasteiger partial charge on any atom is -0.454 e. The third-order valence-corrected chi connectivity index (χ3v) is 9.19. The standard InChI is InChI=1S/C36H42N4O10S2/c1-4-6-18-39-29-20-25(22-31(51(37,43)44)33(29)49-27-14-10-8-11-15-27)35(41)47-24(3)48-36(42)26-21-30(40-19-7-5-2)34(32(23-26)52(38,45)46)50-28-16-12-9-13-17-28/h8-17,20-24,39-40H,4-7,18-19H2,1-3H3,(H2,37,43,44)(H2,38,45,46). The number of para-hydroxylation sites is 2. The zero-order valence-electron chi connectivity index (χ0n) is 29.0. The molecule has 278 valence electrons. The Balaban J connectivity index is 1.63. The molecule has 4 aromatic carbocycles. The van der Waals surface area contributed by atoms with Gasteiger partial charge in [0.25, 0.3) is 0 Å². The number of carbonyl (C=O) groups is 2. The smallest absolute Gasteiger partial charge is 0.341 e. The zero-order valence-corrected chi connectivity index (χ0v) is 30.6. The SMILES string of the molecule is CCCCNc1cc(C(=O)OC(C)OC(=O)c2cc(NCCCC)c(Oc3ccccc3)c(S(N)(=O)=O)c2)cc(S(N)(=O)=O)c1Oc1ccccc1. The lowest BCUT2D eigenvalue weighted by Crippen LogP contribution is -2.23. The Bertz CT molecular complexity index is 1930. The third kappa shape index (κ3) is 10.9. The number of anilines is 2. The molecule has 0 saturated carbocycles. The Morgan fingerprint density at radius 3 is 1.33 bits per heavy atom. The fourth-order valence-electron chi connectivity index (χ4n) is 4.81. The molecule has 52 heavy (non-hydrogen) atoms. The molecule has 0 heterocycles. The van der Waals surface area contributed by atoms with Crippen molar-refractivity contribution in [2.75, 3.05) is 23.7 Å². The lowest BCUT2D eigenvalue weighted by molar-refractivity contribution is -0.0692. The molecule has 0 amide bonds. The molecule has 0 radical (unpaired) electrons. The second kappa shape index (κ2) is 17.9. The molecule has 0 spiro atoms. The fourth-order valence-corrected chi connectivity index (χ4v) is 6.21. The van der Waals surface area contributed by atoms with Gasteiger partial charge in [-0.1, -0.05) is 63.1 Å². The first-order valence-corrected chi connectivity index (χ1v) is 19.6. The first kappa shape index (κ1) is 39.6. The highest BCUT2D eigenvalue weighted by molar-refractivity contribution is 7.89. The molecule has 4 rings (SSSR count). The molecule has 6 N–H and O–H groups in total. The average Bonchev–Trinajstić information content (AvgIpc) is 3.09. The summed E-state index contributed by atoms with van der Waals surface area (Å²) in [7, 11) is -8.86. The van der Waals surface area contributed by atoms with Crippen molar-refractivity contribution in [3.63, 3.8) is 0 Å². The summed E-state index contributed by atoms with van der Waals surface area (Å²) in [5.41, 5.74) is -0.130. The van der Waals surface area contributed by atoms with E-state index in [4.69, 9.17) is 29.2 Å². The van der Waals surface area contributed by atoms with Gasteiger partial charge in [-0.25, -0.2) is 36.7 Å². The van der Waals surface area contributed by atoms with Crippen LogP contribution >= 0.6 is 0 Å². The molecule has 0 bridgehead atoms. The second-order valence-corrected chi connectivity index (χ2v) is 14.6. The summed E-state index contributed by atoms with van der Waals surface area (Å²) < 4.78 is 73.6. The predicted octanol–water partition coefficient (Wildman–Crippen LogP) is 6.35. The van der Waals surface area contributed by atoms with Gasteiger partial charge in [-0.2, -0.15) is 0 Å². The van der Waals surface area contributed by atoms with Crippen molar-refractivity contribution in [3.8, 4) is 23.0 Å². The highest BCUT2D eigenvalue weighted by atomic mass is 32.2. The van der Waals surface area contributed by atoms with Crippen LogP contribution in [0.3, 0.4) is 0 Å². The normalized spacial score (nSPS) is 11.5. The number of sulfonamides is 2. The van der Waals surface area contributed by atoms with Crippen LogP contribution in [0.5, 0.6) is 23.0 Å². The van der Waals surface area contributed by atoms with Crippen LogP contribution in [-0.4, -0.2) is 48.2 Å². The fraction of sp³-hybridized carbons (Fsp3) is 0.278. The number of rotatable bonds is 18. The lowest BCUT2D eigenvalue weighted by Gasteiger charge is -2.20. The molecule has 0 saturated heterocycles. The largest absolute Gasteiger partial charge is 0.454 e. The summed E-state index contributed by atoms with van der Waals surface area (Å²) in [5, 5.41) is 17.3. The number of benzene rings is 4. The van der Waals surface area contributed by atoms with E-state index in [1.54, 1.807) is 60.7 Å². The van der Waals surface area contributed by atoms with Gasteiger partial charge >= 0.3 is 11.9 Å². The Labute approximate surface area is 303 Å². The zero-order chi connectivity index (χ0) is 37.9. The van der Waals surface area contributed by atoms with E-state index in [0.29, 0.717) is 24.6 Å². The van der Waals surface area contributed by atoms with Crippen LogP contribution in [-0.2, 0) is 29.5 Å². The molecule has 0 aromatic heterocycles. The summed E-state index contributed by atoms with van der Waals surface area (Å²) in [4.78, 5) is 25.8. The van der Waals surface area contributed by atoms with Crippen LogP contribution in [0.15, 0.2) is 94.7 Å². The number of hydrogen-bond acceptors (Lipinski definition) is 12. The molecular weight excluding hydrogens is 713 g/mol. The van der Waals surface area contributed by atoms with E-state index in [0.717, 1.165) is 37.8 Å². The molecule has 0 aliphatic carbocycles. The number of unbranched alkanes of at least 4 members (excludes halogenated alkanes) is 2. The number of carbonyl (C=O) groups excluding carboxylic acids is 2. The van der Waals surface area contributed by atoms with Crippen LogP contribution in [0.1, 0.15) is 67.2 Å². The summed E-state index contributed by atoms with van der Waals surface area (Å²) >= 11 is 0. The topological polar surface area (TPSA) is 215 Å². The number of nitrogens with one attached hydrogen (secondary N) is 2. The van der Waals surface area contributed by atoms with E-state index in [1.165, 1.54) is 19.1 Å². The van der Waals surface area contributed by atoms with E-state index >= 15 is 0 Å². The van der Waals surface area contributed by atoms with Gasteiger partial charge in [0.15, 0.2) is 11.5 Å². The molecule has 0 unspecified atom stereocenters. The molecule has 0 aliphatic rings. The number of hydrogen-bond donors (Lipinski definition) is 4. The lowest BCUT2D eigenvalue weighted by atomic mass is 10.1. The Morgan fingerprint density at radius 1 is 0.635 bits per heavy atom. The maximum absolute atomic E-state index is 13.4. The van der Waals surface area contributed by atoms with E-state index in [1.807, 2.05) is 13.8 Å². The van der Waals surface area contributed by atoms with Crippen LogP contribution in [0, 0.1) is 0 Å². The van der Waals surface area contributed by atoms with Crippen molar-refractivity contribution in [1.29, 1.82) is 0 Å². The first-order valence-electron chi connectivity index (χ1n) is 16.5.